The standard InChI is InChI=1S/C16H17FN4O3S/c1-2-3-8-13(22)20-18-9-10-14(23)19-16(25)21(15(10)24)12-7-5-4-6-11(12)17/h4-7,9,24H,2-3,8H2,1H3,(H,20,22)(H,19,23,25). The SMILES string of the molecule is CCCCC(=O)NN=Cc1c(O)n(-c2ccccc2F)c(=S)[nH]c1=O. The molecule has 132 valence electrons. The van der Waals surface area contributed by atoms with Crippen LogP contribution < -0.4 is 11.0 Å². The fourth-order valence-corrected chi connectivity index (χ4v) is 2.35. The fraction of sp³-hybridized carbons (Fsp3) is 0.250. The second-order valence-electron chi connectivity index (χ2n) is 5.18. The molecule has 0 aliphatic carbocycles. The van der Waals surface area contributed by atoms with Crippen molar-refractivity contribution in [2.24, 2.45) is 5.10 Å². The molecule has 1 amide bonds. The van der Waals surface area contributed by atoms with Crippen molar-refractivity contribution in [3.05, 3.63) is 50.8 Å². The molecule has 7 nitrogen and oxygen atoms in total. The van der Waals surface area contributed by atoms with Gasteiger partial charge in [0.05, 0.1) is 11.9 Å². The van der Waals surface area contributed by atoms with Crippen molar-refractivity contribution in [2.45, 2.75) is 26.2 Å². The summed E-state index contributed by atoms with van der Waals surface area (Å²) in [6.07, 6.45) is 2.87. The normalized spacial score (nSPS) is 11.0. The lowest BCUT2D eigenvalue weighted by Gasteiger charge is -2.11. The highest BCUT2D eigenvalue weighted by atomic mass is 32.1. The van der Waals surface area contributed by atoms with Gasteiger partial charge < -0.3 is 5.11 Å². The molecule has 2 aromatic rings. The average Bonchev–Trinajstić information content (AvgIpc) is 2.57. The molecule has 0 spiro atoms. The van der Waals surface area contributed by atoms with E-state index in [-0.39, 0.29) is 21.9 Å². The molecule has 0 aliphatic rings. The lowest BCUT2D eigenvalue weighted by molar-refractivity contribution is -0.121. The van der Waals surface area contributed by atoms with Crippen LogP contribution in [0.25, 0.3) is 5.69 Å². The smallest absolute Gasteiger partial charge is 0.264 e. The third-order valence-corrected chi connectivity index (χ3v) is 3.64. The van der Waals surface area contributed by atoms with E-state index < -0.39 is 17.3 Å². The molecule has 1 aromatic carbocycles. The van der Waals surface area contributed by atoms with Crippen LogP contribution in [0, 0.1) is 10.6 Å². The molecular weight excluding hydrogens is 347 g/mol. The van der Waals surface area contributed by atoms with Crippen molar-refractivity contribution in [1.82, 2.24) is 15.0 Å². The molecule has 0 bridgehead atoms. The molecule has 2 rings (SSSR count). The molecule has 3 N–H and O–H groups in total. The summed E-state index contributed by atoms with van der Waals surface area (Å²) in [7, 11) is 0. The third-order valence-electron chi connectivity index (χ3n) is 3.35. The van der Waals surface area contributed by atoms with E-state index >= 15 is 0 Å². The number of rotatable bonds is 6. The molecule has 0 saturated heterocycles. The summed E-state index contributed by atoms with van der Waals surface area (Å²) in [5.74, 6) is -1.52. The van der Waals surface area contributed by atoms with E-state index in [0.29, 0.717) is 12.8 Å². The summed E-state index contributed by atoms with van der Waals surface area (Å²) in [6.45, 7) is 1.95. The van der Waals surface area contributed by atoms with E-state index in [0.717, 1.165) is 17.2 Å². The second kappa shape index (κ2) is 8.34. The first kappa shape index (κ1) is 18.5. The lowest BCUT2D eigenvalue weighted by atomic mass is 10.2. The highest BCUT2D eigenvalue weighted by molar-refractivity contribution is 7.71. The average molecular weight is 364 g/mol. The predicted molar refractivity (Wildman–Crippen MR) is 94.1 cm³/mol. The number of halogens is 1. The van der Waals surface area contributed by atoms with Gasteiger partial charge in [-0.25, -0.2) is 9.82 Å². The van der Waals surface area contributed by atoms with Gasteiger partial charge in [0.1, 0.15) is 11.4 Å². The van der Waals surface area contributed by atoms with E-state index in [9.17, 15) is 19.1 Å². The van der Waals surface area contributed by atoms with Crippen LogP contribution in [0.15, 0.2) is 34.2 Å². The Balaban J connectivity index is 2.39. The number of H-pyrrole nitrogens is 1. The Morgan fingerprint density at radius 2 is 2.20 bits per heavy atom. The number of aromatic amines is 1. The van der Waals surface area contributed by atoms with Crippen LogP contribution in [-0.4, -0.2) is 26.8 Å². The molecular formula is C16H17FN4O3S. The molecule has 0 saturated carbocycles. The van der Waals surface area contributed by atoms with Crippen molar-refractivity contribution >= 4 is 24.3 Å². The van der Waals surface area contributed by atoms with E-state index in [1.54, 1.807) is 6.07 Å². The number of nitrogens with one attached hydrogen (secondary N) is 2. The Morgan fingerprint density at radius 3 is 2.88 bits per heavy atom. The van der Waals surface area contributed by atoms with E-state index in [1.807, 2.05) is 6.92 Å². The summed E-state index contributed by atoms with van der Waals surface area (Å²) < 4.78 is 14.8. The molecule has 0 atom stereocenters. The fourth-order valence-electron chi connectivity index (χ4n) is 2.07. The zero-order chi connectivity index (χ0) is 18.4. The van der Waals surface area contributed by atoms with E-state index in [2.05, 4.69) is 15.5 Å². The summed E-state index contributed by atoms with van der Waals surface area (Å²) >= 11 is 5.00. The van der Waals surface area contributed by atoms with Crippen LogP contribution in [0.3, 0.4) is 0 Å². The van der Waals surface area contributed by atoms with Gasteiger partial charge in [0.15, 0.2) is 4.77 Å². The first-order chi connectivity index (χ1) is 12.0. The number of hydrogen-bond donors (Lipinski definition) is 3. The lowest BCUT2D eigenvalue weighted by Crippen LogP contribution is -2.21. The molecule has 25 heavy (non-hydrogen) atoms. The first-order valence-corrected chi connectivity index (χ1v) is 8.01. The minimum absolute atomic E-state index is 0.0251. The zero-order valence-electron chi connectivity index (χ0n) is 13.5. The summed E-state index contributed by atoms with van der Waals surface area (Å²) in [5, 5.41) is 14.0. The molecule has 0 unspecified atom stereocenters. The summed E-state index contributed by atoms with van der Waals surface area (Å²) in [6, 6.07) is 5.64. The number of nitrogens with zero attached hydrogens (tertiary/aromatic N) is 2. The Kier molecular flexibility index (Phi) is 6.18. The van der Waals surface area contributed by atoms with Crippen molar-refractivity contribution in [3.63, 3.8) is 0 Å². The Morgan fingerprint density at radius 1 is 1.48 bits per heavy atom. The Labute approximate surface area is 147 Å². The first-order valence-electron chi connectivity index (χ1n) is 7.60. The number of benzene rings is 1. The number of amides is 1. The maximum atomic E-state index is 14.0. The third kappa shape index (κ3) is 4.38. The van der Waals surface area contributed by atoms with Crippen LogP contribution in [0.2, 0.25) is 0 Å². The molecule has 1 aromatic heterocycles. The van der Waals surface area contributed by atoms with Crippen molar-refractivity contribution < 1.29 is 14.3 Å². The number of hydrazone groups is 1. The quantitative estimate of drug-likeness (QED) is 0.416. The van der Waals surface area contributed by atoms with Crippen LogP contribution in [0.5, 0.6) is 5.88 Å². The minimum atomic E-state index is -0.707. The maximum absolute atomic E-state index is 14.0. The molecule has 0 fully saturated rings. The van der Waals surface area contributed by atoms with Gasteiger partial charge in [0.2, 0.25) is 11.8 Å². The Hall–Kier alpha value is -2.81. The second-order valence-corrected chi connectivity index (χ2v) is 5.57. The molecule has 0 aliphatic heterocycles. The topological polar surface area (TPSA) is 99.5 Å². The van der Waals surface area contributed by atoms with Crippen LogP contribution in [0.1, 0.15) is 31.7 Å². The maximum Gasteiger partial charge on any atom is 0.264 e. The number of carbonyl (C=O) groups excluding carboxylic acids is 1. The van der Waals surface area contributed by atoms with Gasteiger partial charge in [-0.1, -0.05) is 25.5 Å². The summed E-state index contributed by atoms with van der Waals surface area (Å²) in [4.78, 5) is 25.8. The van der Waals surface area contributed by atoms with Crippen molar-refractivity contribution in [2.75, 3.05) is 0 Å². The van der Waals surface area contributed by atoms with Crippen LogP contribution >= 0.6 is 12.2 Å². The molecule has 1 heterocycles. The number of carbonyl (C=O) groups is 1. The highest BCUT2D eigenvalue weighted by Crippen LogP contribution is 2.20. The van der Waals surface area contributed by atoms with Gasteiger partial charge in [0, 0.05) is 6.42 Å². The van der Waals surface area contributed by atoms with Crippen molar-refractivity contribution in [3.8, 4) is 11.6 Å². The number of aromatic nitrogens is 2. The predicted octanol–water partition coefficient (Wildman–Crippen LogP) is 2.38. The van der Waals surface area contributed by atoms with Gasteiger partial charge in [-0.2, -0.15) is 5.10 Å². The van der Waals surface area contributed by atoms with Gasteiger partial charge in [0.25, 0.3) is 5.56 Å². The highest BCUT2D eigenvalue weighted by Gasteiger charge is 2.15. The van der Waals surface area contributed by atoms with Crippen LogP contribution in [-0.2, 0) is 4.79 Å². The van der Waals surface area contributed by atoms with Crippen LogP contribution in [0.4, 0.5) is 4.39 Å². The largest absolute Gasteiger partial charge is 0.494 e. The zero-order valence-corrected chi connectivity index (χ0v) is 14.3. The monoisotopic (exact) mass is 364 g/mol. The summed E-state index contributed by atoms with van der Waals surface area (Å²) in [5.41, 5.74) is 1.27. The number of unbranched alkanes of at least 4 members (excludes halogenated alkanes) is 1. The number of aromatic hydroxyl groups is 1. The molecule has 0 radical (unpaired) electrons. The number of para-hydroxylation sites is 1. The van der Waals surface area contributed by atoms with Gasteiger partial charge in [-0.05, 0) is 30.8 Å². The van der Waals surface area contributed by atoms with Gasteiger partial charge >= 0.3 is 0 Å². The van der Waals surface area contributed by atoms with E-state index in [4.69, 9.17) is 12.2 Å². The van der Waals surface area contributed by atoms with Crippen molar-refractivity contribution in [1.29, 1.82) is 0 Å². The van der Waals surface area contributed by atoms with Gasteiger partial charge in [-0.15, -0.1) is 0 Å². The molecule has 9 heteroatoms. The van der Waals surface area contributed by atoms with E-state index in [1.165, 1.54) is 18.2 Å². The Bertz CT molecular complexity index is 920. The minimum Gasteiger partial charge on any atom is -0.494 e. The van der Waals surface area contributed by atoms with Gasteiger partial charge in [-0.3, -0.25) is 19.1 Å². The number of hydrogen-bond acceptors (Lipinski definition) is 5.